The molecule has 1 saturated carbocycles. The molecule has 2 aliphatic rings. The molecule has 0 aromatic carbocycles. The third-order valence-electron chi connectivity index (χ3n) is 7.20. The largest absolute Gasteiger partial charge is 0.345 e. The summed E-state index contributed by atoms with van der Waals surface area (Å²) in [6.45, 7) is 0.984. The number of pyridine rings is 2. The molecule has 2 amide bonds. The van der Waals surface area contributed by atoms with Crippen molar-refractivity contribution in [3.8, 4) is 0 Å². The normalized spacial score (nSPS) is 15.6. The third kappa shape index (κ3) is 4.30. The van der Waals surface area contributed by atoms with Crippen molar-refractivity contribution in [3.63, 3.8) is 0 Å². The molecule has 0 spiro atoms. The Morgan fingerprint density at radius 3 is 2.87 bits per heavy atom. The van der Waals surface area contributed by atoms with E-state index in [1.807, 2.05) is 15.5 Å². The van der Waals surface area contributed by atoms with Gasteiger partial charge >= 0.3 is 0 Å². The minimum absolute atomic E-state index is 0.00673. The molecule has 1 N–H and O–H groups in total. The van der Waals surface area contributed by atoms with Crippen LogP contribution in [0.4, 0.5) is 10.1 Å². The second kappa shape index (κ2) is 9.16. The number of amides is 2. The van der Waals surface area contributed by atoms with Gasteiger partial charge < -0.3 is 19.0 Å². The van der Waals surface area contributed by atoms with Gasteiger partial charge in [-0.05, 0) is 42.9 Å². The van der Waals surface area contributed by atoms with Crippen LogP contribution in [0.2, 0.25) is 5.02 Å². The van der Waals surface area contributed by atoms with Gasteiger partial charge in [0.1, 0.15) is 5.52 Å². The van der Waals surface area contributed by atoms with Gasteiger partial charge in [0.2, 0.25) is 5.91 Å². The molecule has 39 heavy (non-hydrogen) atoms. The van der Waals surface area contributed by atoms with Gasteiger partial charge in [0.25, 0.3) is 5.91 Å². The molecule has 0 unspecified atom stereocenters. The summed E-state index contributed by atoms with van der Waals surface area (Å²) >= 11 is 5.89. The van der Waals surface area contributed by atoms with Crippen molar-refractivity contribution in [2.75, 3.05) is 11.4 Å². The molecule has 2 fully saturated rings. The number of anilines is 1. The van der Waals surface area contributed by atoms with Gasteiger partial charge in [-0.25, -0.2) is 19.0 Å². The number of nitrogens with zero attached hydrogens (tertiary/aromatic N) is 8. The molecule has 198 valence electrons. The molecule has 5 aromatic heterocycles. The summed E-state index contributed by atoms with van der Waals surface area (Å²) in [6, 6.07) is 3.54. The van der Waals surface area contributed by atoms with Crippen LogP contribution in [0.1, 0.15) is 59.0 Å². The van der Waals surface area contributed by atoms with Crippen molar-refractivity contribution < 1.29 is 14.0 Å². The van der Waals surface area contributed by atoms with Crippen molar-refractivity contribution in [2.45, 2.75) is 44.7 Å². The second-order valence-corrected chi connectivity index (χ2v) is 10.4. The van der Waals surface area contributed by atoms with E-state index >= 15 is 0 Å². The molecule has 0 radical (unpaired) electrons. The molecular formula is C26H23ClFN9O2. The van der Waals surface area contributed by atoms with Crippen LogP contribution in [0.3, 0.4) is 0 Å². The Hall–Kier alpha value is -4.32. The molecule has 7 rings (SSSR count). The molecule has 13 heteroatoms. The number of hydrogen-bond acceptors (Lipinski definition) is 6. The predicted octanol–water partition coefficient (Wildman–Crippen LogP) is 3.35. The predicted molar refractivity (Wildman–Crippen MR) is 139 cm³/mol. The van der Waals surface area contributed by atoms with E-state index in [0.29, 0.717) is 31.1 Å². The summed E-state index contributed by atoms with van der Waals surface area (Å²) in [5.41, 5.74) is 4.17. The molecule has 1 saturated heterocycles. The van der Waals surface area contributed by atoms with Gasteiger partial charge in [0.05, 0.1) is 47.7 Å². The Kier molecular flexibility index (Phi) is 5.58. The number of halogens is 2. The van der Waals surface area contributed by atoms with Crippen LogP contribution in [0.15, 0.2) is 43.2 Å². The lowest BCUT2D eigenvalue weighted by molar-refractivity contribution is -0.117. The number of imidazole rings is 2. The van der Waals surface area contributed by atoms with Crippen LogP contribution >= 0.6 is 11.6 Å². The standard InChI is InChI=1S/C26H23ClFN9O2/c27-18-5-7-34-14-30-19(24(34)23(18)28)9-29-26(39)20-13-36(33-32-20)12-17-11-35-10-16(15-3-4-15)8-21(25(35)31-17)37-6-1-2-22(37)38/h5,7-8,10-11,13-15H,1-4,6,9,12H2,(H,29,39). The highest BCUT2D eigenvalue weighted by molar-refractivity contribution is 6.31. The summed E-state index contributed by atoms with van der Waals surface area (Å²) in [5, 5.41) is 10.8. The van der Waals surface area contributed by atoms with Crippen molar-refractivity contribution in [3.05, 3.63) is 76.7 Å². The summed E-state index contributed by atoms with van der Waals surface area (Å²) in [5.74, 6) is -0.415. The van der Waals surface area contributed by atoms with E-state index in [4.69, 9.17) is 16.6 Å². The fourth-order valence-electron chi connectivity index (χ4n) is 5.08. The fraction of sp³-hybridized carbons (Fsp3) is 0.308. The Morgan fingerprint density at radius 2 is 2.08 bits per heavy atom. The zero-order valence-corrected chi connectivity index (χ0v) is 21.5. The average molecular weight is 548 g/mol. The van der Waals surface area contributed by atoms with Crippen LogP contribution in [-0.4, -0.2) is 52.1 Å². The molecule has 1 aliphatic carbocycles. The molecule has 0 atom stereocenters. The minimum Gasteiger partial charge on any atom is -0.345 e. The Morgan fingerprint density at radius 1 is 1.21 bits per heavy atom. The molecule has 0 bridgehead atoms. The van der Waals surface area contributed by atoms with Crippen LogP contribution in [0.5, 0.6) is 0 Å². The summed E-state index contributed by atoms with van der Waals surface area (Å²) in [4.78, 5) is 36.0. The maximum Gasteiger partial charge on any atom is 0.273 e. The highest BCUT2D eigenvalue weighted by atomic mass is 35.5. The van der Waals surface area contributed by atoms with E-state index in [9.17, 15) is 14.0 Å². The van der Waals surface area contributed by atoms with Crippen LogP contribution in [-0.2, 0) is 17.9 Å². The number of carbonyl (C=O) groups is 2. The summed E-state index contributed by atoms with van der Waals surface area (Å²) < 4.78 is 19.5. The zero-order valence-electron chi connectivity index (χ0n) is 20.7. The lowest BCUT2D eigenvalue weighted by atomic mass is 10.1. The molecule has 6 heterocycles. The third-order valence-corrected chi connectivity index (χ3v) is 7.49. The number of hydrogen-bond donors (Lipinski definition) is 1. The van der Waals surface area contributed by atoms with E-state index < -0.39 is 11.7 Å². The lowest BCUT2D eigenvalue weighted by Gasteiger charge is -2.17. The van der Waals surface area contributed by atoms with Gasteiger partial charge in [-0.15, -0.1) is 5.10 Å². The van der Waals surface area contributed by atoms with Crippen molar-refractivity contribution in [1.82, 2.24) is 39.1 Å². The smallest absolute Gasteiger partial charge is 0.273 e. The summed E-state index contributed by atoms with van der Waals surface area (Å²) in [7, 11) is 0. The lowest BCUT2D eigenvalue weighted by Crippen LogP contribution is -2.24. The van der Waals surface area contributed by atoms with Gasteiger partial charge in [-0.3, -0.25) is 9.59 Å². The first-order valence-electron chi connectivity index (χ1n) is 12.7. The van der Waals surface area contributed by atoms with Crippen molar-refractivity contribution in [2.24, 2.45) is 0 Å². The minimum atomic E-state index is -0.596. The van der Waals surface area contributed by atoms with Crippen molar-refractivity contribution >= 4 is 40.3 Å². The topological polar surface area (TPSA) is 115 Å². The highest BCUT2D eigenvalue weighted by Gasteiger charge is 2.29. The first-order chi connectivity index (χ1) is 18.9. The molecule has 1 aliphatic heterocycles. The van der Waals surface area contributed by atoms with Gasteiger partial charge in [-0.1, -0.05) is 16.8 Å². The van der Waals surface area contributed by atoms with Gasteiger partial charge in [-0.2, -0.15) is 0 Å². The molecule has 5 aromatic rings. The number of aromatic nitrogens is 7. The van der Waals surface area contributed by atoms with Crippen molar-refractivity contribution in [1.29, 1.82) is 0 Å². The summed E-state index contributed by atoms with van der Waals surface area (Å²) in [6.07, 6.45) is 12.3. The number of nitrogens with one attached hydrogen (secondary N) is 1. The van der Waals surface area contributed by atoms with Gasteiger partial charge in [0.15, 0.2) is 17.2 Å². The number of rotatable bonds is 7. The molecule has 11 nitrogen and oxygen atoms in total. The Bertz CT molecular complexity index is 1770. The van der Waals surface area contributed by atoms with Crippen LogP contribution < -0.4 is 10.2 Å². The zero-order chi connectivity index (χ0) is 26.7. The van der Waals surface area contributed by atoms with E-state index in [-0.39, 0.29) is 28.7 Å². The number of fused-ring (bicyclic) bond motifs is 2. The maximum absolute atomic E-state index is 14.5. The van der Waals surface area contributed by atoms with Crippen LogP contribution in [0.25, 0.3) is 11.2 Å². The maximum atomic E-state index is 14.5. The van der Waals surface area contributed by atoms with Gasteiger partial charge in [0, 0.05) is 31.6 Å². The quantitative estimate of drug-likeness (QED) is 0.334. The van der Waals surface area contributed by atoms with E-state index in [1.165, 1.54) is 33.2 Å². The fourth-order valence-corrected chi connectivity index (χ4v) is 5.23. The van der Waals surface area contributed by atoms with Crippen LogP contribution in [0, 0.1) is 5.82 Å². The van der Waals surface area contributed by atoms with E-state index in [0.717, 1.165) is 36.3 Å². The average Bonchev–Trinajstić information content (AvgIpc) is 3.26. The SMILES string of the molecule is O=C(NCc1ncn2ccc(Cl)c(F)c12)c1cn(Cc2cn3cc(C4CC4)cc(N4CCCC4=O)c3n2)nn1. The second-order valence-electron chi connectivity index (χ2n) is 9.95. The Labute approximate surface area is 226 Å². The van der Waals surface area contributed by atoms with E-state index in [1.54, 1.807) is 6.20 Å². The first kappa shape index (κ1) is 23.8. The van der Waals surface area contributed by atoms with E-state index in [2.05, 4.69) is 32.9 Å². The monoisotopic (exact) mass is 547 g/mol. The highest BCUT2D eigenvalue weighted by Crippen LogP contribution is 2.42. The Balaban J connectivity index is 1.09. The number of carbonyl (C=O) groups excluding carboxylic acids is 2. The first-order valence-corrected chi connectivity index (χ1v) is 13.1. The molecular weight excluding hydrogens is 525 g/mol.